The molecule has 1 rings (SSSR count). The van der Waals surface area contributed by atoms with Crippen LogP contribution in [0.25, 0.3) is 0 Å². The number of halogens is 1. The fraction of sp³-hybridized carbons (Fsp3) is 0.333. The number of hydrogen-bond acceptors (Lipinski definition) is 4. The van der Waals surface area contributed by atoms with Gasteiger partial charge in [0.25, 0.3) is 0 Å². The minimum absolute atomic E-state index is 0.363. The number of alkyl halides is 1. The third kappa shape index (κ3) is 3.96. The van der Waals surface area contributed by atoms with Gasteiger partial charge in [-0.25, -0.2) is 0 Å². The maximum Gasteiger partial charge on any atom is 0.306 e. The lowest BCUT2D eigenvalue weighted by atomic mass is 10.1. The Bertz CT molecular complexity index is 445. The Morgan fingerprint density at radius 3 is 2.60 bits per heavy atom. The number of nitrogens with two attached hydrogens (primary N) is 1. The molecule has 1 aromatic rings. The normalized spacial score (nSPS) is 11.4. The van der Waals surface area contributed by atoms with Gasteiger partial charge >= 0.3 is 10.1 Å². The standard InChI is InChI=1S/C9H12INO3S/c1-15(12,13)14-9-4-7(6-11)2-3-8(9)5-10/h2-4H,5-6,11H2,1H3. The van der Waals surface area contributed by atoms with E-state index in [0.717, 1.165) is 17.4 Å². The Morgan fingerprint density at radius 2 is 2.13 bits per heavy atom. The highest BCUT2D eigenvalue weighted by atomic mass is 127. The molecule has 6 heteroatoms. The second-order valence-corrected chi connectivity index (χ2v) is 5.40. The number of benzene rings is 1. The Hall–Kier alpha value is -0.340. The lowest BCUT2D eigenvalue weighted by Crippen LogP contribution is -2.08. The molecule has 15 heavy (non-hydrogen) atoms. The zero-order chi connectivity index (χ0) is 11.5. The van der Waals surface area contributed by atoms with E-state index in [0.29, 0.717) is 16.7 Å². The van der Waals surface area contributed by atoms with Crippen LogP contribution in [0.2, 0.25) is 0 Å². The van der Waals surface area contributed by atoms with Gasteiger partial charge in [0, 0.05) is 16.5 Å². The Balaban J connectivity index is 3.12. The first-order valence-electron chi connectivity index (χ1n) is 4.23. The van der Waals surface area contributed by atoms with Crippen molar-refractivity contribution in [1.29, 1.82) is 0 Å². The lowest BCUT2D eigenvalue weighted by molar-refractivity contribution is 0.490. The molecule has 0 saturated carbocycles. The molecule has 0 aromatic heterocycles. The molecule has 4 nitrogen and oxygen atoms in total. The van der Waals surface area contributed by atoms with E-state index in [-0.39, 0.29) is 0 Å². The maximum absolute atomic E-state index is 11.0. The Kier molecular flexibility index (Phi) is 4.35. The van der Waals surface area contributed by atoms with E-state index < -0.39 is 10.1 Å². The highest BCUT2D eigenvalue weighted by molar-refractivity contribution is 14.1. The molecule has 0 atom stereocenters. The topological polar surface area (TPSA) is 69.4 Å². The average molecular weight is 341 g/mol. The molecular weight excluding hydrogens is 329 g/mol. The molecule has 0 aliphatic rings. The van der Waals surface area contributed by atoms with Crippen molar-refractivity contribution in [3.05, 3.63) is 29.3 Å². The maximum atomic E-state index is 11.0. The van der Waals surface area contributed by atoms with Crippen molar-refractivity contribution in [2.24, 2.45) is 5.73 Å². The molecule has 0 saturated heterocycles. The van der Waals surface area contributed by atoms with Crippen LogP contribution in [0.15, 0.2) is 18.2 Å². The lowest BCUT2D eigenvalue weighted by Gasteiger charge is -2.09. The molecule has 0 aliphatic heterocycles. The van der Waals surface area contributed by atoms with Crippen molar-refractivity contribution in [3.63, 3.8) is 0 Å². The molecule has 84 valence electrons. The quantitative estimate of drug-likeness (QED) is 0.511. The monoisotopic (exact) mass is 341 g/mol. The van der Waals surface area contributed by atoms with Crippen LogP contribution in [0.1, 0.15) is 11.1 Å². The summed E-state index contributed by atoms with van der Waals surface area (Å²) in [5.74, 6) is 0.370. The minimum Gasteiger partial charge on any atom is -0.382 e. The van der Waals surface area contributed by atoms with Crippen molar-refractivity contribution in [3.8, 4) is 5.75 Å². The zero-order valence-electron chi connectivity index (χ0n) is 8.23. The molecule has 0 amide bonds. The minimum atomic E-state index is -3.48. The van der Waals surface area contributed by atoms with E-state index in [4.69, 9.17) is 9.92 Å². The van der Waals surface area contributed by atoms with Gasteiger partial charge in [-0.1, -0.05) is 34.7 Å². The Labute approximate surface area is 103 Å². The SMILES string of the molecule is CS(=O)(=O)Oc1cc(CN)ccc1CI. The van der Waals surface area contributed by atoms with Crippen molar-refractivity contribution in [2.45, 2.75) is 11.0 Å². The van der Waals surface area contributed by atoms with Crippen LogP contribution in [-0.4, -0.2) is 14.7 Å². The van der Waals surface area contributed by atoms with Crippen molar-refractivity contribution in [2.75, 3.05) is 6.26 Å². The summed E-state index contributed by atoms with van der Waals surface area (Å²) in [4.78, 5) is 0. The van der Waals surface area contributed by atoms with Crippen LogP contribution in [0.5, 0.6) is 5.75 Å². The molecule has 0 fully saturated rings. The summed E-state index contributed by atoms with van der Waals surface area (Å²) in [6.07, 6.45) is 1.03. The fourth-order valence-electron chi connectivity index (χ4n) is 1.08. The van der Waals surface area contributed by atoms with E-state index in [1.165, 1.54) is 0 Å². The zero-order valence-corrected chi connectivity index (χ0v) is 11.2. The molecular formula is C9H12INO3S. The van der Waals surface area contributed by atoms with Gasteiger partial charge < -0.3 is 9.92 Å². The highest BCUT2D eigenvalue weighted by Crippen LogP contribution is 2.24. The van der Waals surface area contributed by atoms with E-state index in [2.05, 4.69) is 22.6 Å². The third-order valence-electron chi connectivity index (χ3n) is 1.75. The van der Waals surface area contributed by atoms with Gasteiger partial charge in [0.1, 0.15) is 5.75 Å². The molecule has 0 radical (unpaired) electrons. The van der Waals surface area contributed by atoms with Gasteiger partial charge in [0.15, 0.2) is 0 Å². The summed E-state index contributed by atoms with van der Waals surface area (Å²) >= 11 is 2.15. The molecule has 0 bridgehead atoms. The molecule has 2 N–H and O–H groups in total. The second kappa shape index (κ2) is 5.13. The fourth-order valence-corrected chi connectivity index (χ4v) is 2.19. The van der Waals surface area contributed by atoms with Gasteiger partial charge in [-0.2, -0.15) is 8.42 Å². The predicted octanol–water partition coefficient (Wildman–Crippen LogP) is 1.42. The van der Waals surface area contributed by atoms with E-state index >= 15 is 0 Å². The van der Waals surface area contributed by atoms with Crippen molar-refractivity contribution >= 4 is 32.7 Å². The van der Waals surface area contributed by atoms with Crippen LogP contribution in [0, 0.1) is 0 Å². The number of hydrogen-bond donors (Lipinski definition) is 1. The highest BCUT2D eigenvalue weighted by Gasteiger charge is 2.09. The van der Waals surface area contributed by atoms with E-state index in [9.17, 15) is 8.42 Å². The van der Waals surface area contributed by atoms with Gasteiger partial charge in [0.05, 0.1) is 6.26 Å². The van der Waals surface area contributed by atoms with Crippen LogP contribution in [0.4, 0.5) is 0 Å². The van der Waals surface area contributed by atoms with Crippen LogP contribution < -0.4 is 9.92 Å². The smallest absolute Gasteiger partial charge is 0.306 e. The molecule has 0 spiro atoms. The van der Waals surface area contributed by atoms with Crippen LogP contribution >= 0.6 is 22.6 Å². The van der Waals surface area contributed by atoms with Gasteiger partial charge in [-0.15, -0.1) is 0 Å². The summed E-state index contributed by atoms with van der Waals surface area (Å²) in [6, 6.07) is 5.35. The number of rotatable bonds is 4. The van der Waals surface area contributed by atoms with Crippen LogP contribution in [-0.2, 0) is 21.1 Å². The molecule has 0 heterocycles. The summed E-state index contributed by atoms with van der Waals surface area (Å²) < 4.78 is 27.6. The summed E-state index contributed by atoms with van der Waals surface area (Å²) in [5, 5.41) is 0. The van der Waals surface area contributed by atoms with Crippen LogP contribution in [0.3, 0.4) is 0 Å². The summed E-state index contributed by atoms with van der Waals surface area (Å²) in [6.45, 7) is 0.363. The summed E-state index contributed by atoms with van der Waals surface area (Å²) in [5.41, 5.74) is 7.16. The van der Waals surface area contributed by atoms with Gasteiger partial charge in [0.2, 0.25) is 0 Å². The molecule has 0 aliphatic carbocycles. The Morgan fingerprint density at radius 1 is 1.47 bits per heavy atom. The molecule has 0 unspecified atom stereocenters. The van der Waals surface area contributed by atoms with Crippen molar-refractivity contribution in [1.82, 2.24) is 0 Å². The first kappa shape index (κ1) is 12.7. The average Bonchev–Trinajstić information content (AvgIpc) is 2.15. The first-order chi connectivity index (χ1) is 6.96. The first-order valence-corrected chi connectivity index (χ1v) is 7.58. The predicted molar refractivity (Wildman–Crippen MR) is 67.5 cm³/mol. The third-order valence-corrected chi connectivity index (χ3v) is 3.06. The molecule has 1 aromatic carbocycles. The van der Waals surface area contributed by atoms with Gasteiger partial charge in [-0.05, 0) is 11.6 Å². The van der Waals surface area contributed by atoms with Gasteiger partial charge in [-0.3, -0.25) is 0 Å². The summed E-state index contributed by atoms with van der Waals surface area (Å²) in [7, 11) is -3.48. The largest absolute Gasteiger partial charge is 0.382 e. The van der Waals surface area contributed by atoms with Crippen molar-refractivity contribution < 1.29 is 12.6 Å². The van der Waals surface area contributed by atoms with E-state index in [1.807, 2.05) is 12.1 Å². The second-order valence-electron chi connectivity index (χ2n) is 3.07. The van der Waals surface area contributed by atoms with E-state index in [1.54, 1.807) is 6.07 Å².